The standard InChI is InChI=1S/C21H24N4O2.C2H2O4/c1-2-4-19-15-20(6-5-18(19)3-1)21(16-25-8-7-22-17-25)23-27-14-11-24-9-12-26-13-10-24;3-1(4)2(5)6/h1-8,15,17H,9-14,16H2;(H,3,4)(H,5,6)/b23-21-;. The molecule has 0 unspecified atom stereocenters. The van der Waals surface area contributed by atoms with Gasteiger partial charge < -0.3 is 24.4 Å². The molecule has 1 fully saturated rings. The molecular weight excluding hydrogens is 428 g/mol. The van der Waals surface area contributed by atoms with Gasteiger partial charge in [0.25, 0.3) is 0 Å². The van der Waals surface area contributed by atoms with Gasteiger partial charge in [-0.25, -0.2) is 14.6 Å². The predicted octanol–water partition coefficient (Wildman–Crippen LogP) is 1.95. The Kier molecular flexibility index (Phi) is 8.92. The van der Waals surface area contributed by atoms with E-state index in [1.54, 1.807) is 12.5 Å². The van der Waals surface area contributed by atoms with Gasteiger partial charge >= 0.3 is 11.9 Å². The number of hydrogen-bond acceptors (Lipinski definition) is 7. The van der Waals surface area contributed by atoms with E-state index in [0.717, 1.165) is 44.1 Å². The van der Waals surface area contributed by atoms with E-state index in [1.807, 2.05) is 10.8 Å². The highest BCUT2D eigenvalue weighted by atomic mass is 16.6. The van der Waals surface area contributed by atoms with Crippen molar-refractivity contribution in [3.05, 3.63) is 66.7 Å². The van der Waals surface area contributed by atoms with Crippen LogP contribution in [0, 0.1) is 0 Å². The quantitative estimate of drug-likeness (QED) is 0.240. The summed E-state index contributed by atoms with van der Waals surface area (Å²) in [5, 5.41) is 21.7. The molecule has 0 saturated carbocycles. The molecule has 0 spiro atoms. The molecule has 1 aliphatic heterocycles. The molecule has 2 aromatic carbocycles. The number of rotatable bonds is 7. The molecule has 10 nitrogen and oxygen atoms in total. The molecule has 1 aliphatic rings. The zero-order valence-corrected chi connectivity index (χ0v) is 18.0. The summed E-state index contributed by atoms with van der Waals surface area (Å²) < 4.78 is 7.38. The fraction of sp³-hybridized carbons (Fsp3) is 0.304. The highest BCUT2D eigenvalue weighted by molar-refractivity contribution is 6.27. The highest BCUT2D eigenvalue weighted by Crippen LogP contribution is 2.17. The number of oxime groups is 1. The largest absolute Gasteiger partial charge is 0.473 e. The molecule has 0 aliphatic carbocycles. The summed E-state index contributed by atoms with van der Waals surface area (Å²) in [5.74, 6) is -3.65. The number of ether oxygens (including phenoxy) is 1. The molecule has 0 amide bonds. The number of benzene rings is 2. The number of morpholine rings is 1. The number of hydrogen-bond donors (Lipinski definition) is 2. The number of aromatic nitrogens is 2. The van der Waals surface area contributed by atoms with Crippen LogP contribution in [-0.2, 0) is 25.7 Å². The summed E-state index contributed by atoms with van der Waals surface area (Å²) in [5.41, 5.74) is 1.95. The molecule has 4 rings (SSSR count). The van der Waals surface area contributed by atoms with E-state index >= 15 is 0 Å². The Morgan fingerprint density at radius 1 is 1.06 bits per heavy atom. The Labute approximate surface area is 190 Å². The summed E-state index contributed by atoms with van der Waals surface area (Å²) in [6.45, 7) is 5.57. The number of aliphatic carboxylic acids is 2. The molecule has 2 heterocycles. The lowest BCUT2D eigenvalue weighted by Gasteiger charge is -2.25. The Morgan fingerprint density at radius 2 is 1.79 bits per heavy atom. The van der Waals surface area contributed by atoms with Gasteiger partial charge in [0.2, 0.25) is 0 Å². The lowest BCUT2D eigenvalue weighted by Crippen LogP contribution is -2.38. The van der Waals surface area contributed by atoms with Crippen LogP contribution in [0.5, 0.6) is 0 Å². The Morgan fingerprint density at radius 3 is 2.45 bits per heavy atom. The molecule has 10 heteroatoms. The van der Waals surface area contributed by atoms with Crippen LogP contribution in [0.25, 0.3) is 10.8 Å². The average Bonchev–Trinajstić information content (AvgIpc) is 3.35. The number of fused-ring (bicyclic) bond motifs is 1. The molecule has 1 saturated heterocycles. The summed E-state index contributed by atoms with van der Waals surface area (Å²) in [6, 6.07) is 14.7. The summed E-state index contributed by atoms with van der Waals surface area (Å²) in [4.78, 5) is 30.3. The highest BCUT2D eigenvalue weighted by Gasteiger charge is 2.11. The minimum Gasteiger partial charge on any atom is -0.473 e. The average molecular weight is 454 g/mol. The van der Waals surface area contributed by atoms with Crippen LogP contribution in [-0.4, -0.2) is 81.8 Å². The van der Waals surface area contributed by atoms with Gasteiger partial charge in [0.15, 0.2) is 0 Å². The second kappa shape index (κ2) is 12.3. The molecule has 33 heavy (non-hydrogen) atoms. The molecule has 2 N–H and O–H groups in total. The maximum absolute atomic E-state index is 9.10. The molecule has 0 radical (unpaired) electrons. The first-order chi connectivity index (χ1) is 16.0. The molecule has 3 aromatic rings. The fourth-order valence-corrected chi connectivity index (χ4v) is 3.21. The van der Waals surface area contributed by atoms with Gasteiger partial charge in [-0.05, 0) is 16.8 Å². The van der Waals surface area contributed by atoms with Crippen molar-refractivity contribution in [2.75, 3.05) is 39.5 Å². The van der Waals surface area contributed by atoms with E-state index in [0.29, 0.717) is 13.2 Å². The van der Waals surface area contributed by atoms with Gasteiger partial charge in [0.05, 0.1) is 26.1 Å². The third-order valence-corrected chi connectivity index (χ3v) is 4.93. The zero-order chi connectivity index (χ0) is 23.5. The zero-order valence-electron chi connectivity index (χ0n) is 18.0. The van der Waals surface area contributed by atoms with Crippen molar-refractivity contribution in [3.8, 4) is 0 Å². The lowest BCUT2D eigenvalue weighted by atomic mass is 10.0. The fourth-order valence-electron chi connectivity index (χ4n) is 3.21. The van der Waals surface area contributed by atoms with E-state index in [9.17, 15) is 0 Å². The first kappa shape index (κ1) is 23.9. The van der Waals surface area contributed by atoms with Crippen LogP contribution < -0.4 is 0 Å². The Bertz CT molecular complexity index is 1070. The van der Waals surface area contributed by atoms with Crippen LogP contribution in [0.1, 0.15) is 5.56 Å². The molecule has 0 atom stereocenters. The van der Waals surface area contributed by atoms with E-state index in [1.165, 1.54) is 10.8 Å². The van der Waals surface area contributed by atoms with Crippen molar-refractivity contribution in [3.63, 3.8) is 0 Å². The molecule has 0 bridgehead atoms. The Balaban J connectivity index is 0.000000454. The van der Waals surface area contributed by atoms with Gasteiger partial charge in [-0.15, -0.1) is 0 Å². The maximum atomic E-state index is 9.10. The monoisotopic (exact) mass is 454 g/mol. The van der Waals surface area contributed by atoms with Crippen LogP contribution in [0.2, 0.25) is 0 Å². The minimum absolute atomic E-state index is 0.570. The van der Waals surface area contributed by atoms with Crippen molar-refractivity contribution in [2.45, 2.75) is 6.54 Å². The normalized spacial score (nSPS) is 14.4. The molecule has 1 aromatic heterocycles. The van der Waals surface area contributed by atoms with E-state index in [4.69, 9.17) is 29.4 Å². The predicted molar refractivity (Wildman–Crippen MR) is 121 cm³/mol. The number of carboxylic acids is 2. The SMILES string of the molecule is O=C(O)C(=O)O.c1ccc2cc(/C(Cn3ccnc3)=N\OCCN3CCOCC3)ccc2c1. The maximum Gasteiger partial charge on any atom is 0.414 e. The van der Waals surface area contributed by atoms with Gasteiger partial charge in [-0.1, -0.05) is 41.6 Å². The minimum atomic E-state index is -1.82. The van der Waals surface area contributed by atoms with Crippen molar-refractivity contribution in [1.29, 1.82) is 0 Å². The van der Waals surface area contributed by atoms with E-state index in [2.05, 4.69) is 57.5 Å². The van der Waals surface area contributed by atoms with Gasteiger partial charge in [0, 0.05) is 37.6 Å². The molecular formula is C23H26N4O6. The van der Waals surface area contributed by atoms with Crippen molar-refractivity contribution < 1.29 is 29.4 Å². The number of carboxylic acid groups (broad SMARTS) is 2. The summed E-state index contributed by atoms with van der Waals surface area (Å²) in [6.07, 6.45) is 5.51. The van der Waals surface area contributed by atoms with Gasteiger partial charge in [-0.2, -0.15) is 0 Å². The lowest BCUT2D eigenvalue weighted by molar-refractivity contribution is -0.159. The number of carbonyl (C=O) groups is 2. The van der Waals surface area contributed by atoms with Crippen LogP contribution in [0.15, 0.2) is 66.3 Å². The molecule has 174 valence electrons. The number of imidazole rings is 1. The summed E-state index contributed by atoms with van der Waals surface area (Å²) >= 11 is 0. The van der Waals surface area contributed by atoms with E-state index in [-0.39, 0.29) is 0 Å². The van der Waals surface area contributed by atoms with Crippen molar-refractivity contribution in [1.82, 2.24) is 14.5 Å². The third-order valence-electron chi connectivity index (χ3n) is 4.93. The van der Waals surface area contributed by atoms with Crippen LogP contribution >= 0.6 is 0 Å². The second-order valence-electron chi connectivity index (χ2n) is 7.23. The first-order valence-electron chi connectivity index (χ1n) is 10.4. The van der Waals surface area contributed by atoms with Gasteiger partial charge in [-0.3, -0.25) is 4.90 Å². The number of nitrogens with zero attached hydrogens (tertiary/aromatic N) is 4. The first-order valence-corrected chi connectivity index (χ1v) is 10.4. The third kappa shape index (κ3) is 7.70. The Hall–Kier alpha value is -3.76. The van der Waals surface area contributed by atoms with Crippen molar-refractivity contribution in [2.24, 2.45) is 5.16 Å². The second-order valence-corrected chi connectivity index (χ2v) is 7.23. The van der Waals surface area contributed by atoms with Crippen LogP contribution in [0.4, 0.5) is 0 Å². The smallest absolute Gasteiger partial charge is 0.414 e. The van der Waals surface area contributed by atoms with Crippen molar-refractivity contribution >= 4 is 28.4 Å². The van der Waals surface area contributed by atoms with Gasteiger partial charge in [0.1, 0.15) is 12.3 Å². The van der Waals surface area contributed by atoms with Crippen LogP contribution in [0.3, 0.4) is 0 Å². The topological polar surface area (TPSA) is 126 Å². The van der Waals surface area contributed by atoms with E-state index < -0.39 is 11.9 Å². The summed E-state index contributed by atoms with van der Waals surface area (Å²) in [7, 11) is 0.